The third kappa shape index (κ3) is 2.86. The smallest absolute Gasteiger partial charge is 0.261 e. The second-order valence-corrected chi connectivity index (χ2v) is 7.39. The molecular formula is C20H24N2O3. The molecule has 2 fully saturated rings. The molecule has 132 valence electrons. The molecule has 1 aromatic rings. The number of imide groups is 1. The van der Waals surface area contributed by atoms with E-state index in [1.165, 1.54) is 11.3 Å². The van der Waals surface area contributed by atoms with Crippen LogP contribution in [0.2, 0.25) is 0 Å². The maximum atomic E-state index is 12.8. The molecule has 1 saturated carbocycles. The summed E-state index contributed by atoms with van der Waals surface area (Å²) in [5.74, 6) is -0.442. The summed E-state index contributed by atoms with van der Waals surface area (Å²) in [5.41, 5.74) is 1.37. The van der Waals surface area contributed by atoms with Crippen molar-refractivity contribution in [2.24, 2.45) is 0 Å². The summed E-state index contributed by atoms with van der Waals surface area (Å²) >= 11 is 0. The van der Waals surface area contributed by atoms with E-state index in [2.05, 4.69) is 0 Å². The molecule has 25 heavy (non-hydrogen) atoms. The maximum Gasteiger partial charge on any atom is 0.261 e. The first-order valence-corrected chi connectivity index (χ1v) is 9.48. The molecule has 0 N–H and O–H groups in total. The van der Waals surface area contributed by atoms with Gasteiger partial charge in [-0.15, -0.1) is 0 Å². The Balaban J connectivity index is 1.59. The van der Waals surface area contributed by atoms with Crippen molar-refractivity contribution in [1.29, 1.82) is 0 Å². The lowest BCUT2D eigenvalue weighted by molar-refractivity contribution is 0.0548. The van der Waals surface area contributed by atoms with E-state index in [1.54, 1.807) is 18.2 Å². The van der Waals surface area contributed by atoms with Crippen LogP contribution in [0.5, 0.6) is 0 Å². The Labute approximate surface area is 148 Å². The Morgan fingerprint density at radius 3 is 2.20 bits per heavy atom. The predicted octanol–water partition coefficient (Wildman–Crippen LogP) is 3.24. The summed E-state index contributed by atoms with van der Waals surface area (Å²) in [7, 11) is 0. The fourth-order valence-corrected chi connectivity index (χ4v) is 4.34. The number of carbonyl (C=O) groups excluding carboxylic acids is 3. The second kappa shape index (κ2) is 6.62. The SMILES string of the molecule is O=C(c1ccc2c(c1)C(=O)N(C1CCCCC1)C2=O)N1CCCCC1. The van der Waals surface area contributed by atoms with Gasteiger partial charge in [0.05, 0.1) is 11.1 Å². The van der Waals surface area contributed by atoms with Gasteiger partial charge in [-0.05, 0) is 50.3 Å². The summed E-state index contributed by atoms with van der Waals surface area (Å²) in [6.45, 7) is 1.55. The Morgan fingerprint density at radius 2 is 1.48 bits per heavy atom. The third-order valence-electron chi connectivity index (χ3n) is 5.75. The van der Waals surface area contributed by atoms with Crippen LogP contribution in [0.1, 0.15) is 82.4 Å². The minimum absolute atomic E-state index is 0.0161. The number of piperidine rings is 1. The standard InChI is InChI=1S/C20H24N2O3/c23-18(21-11-5-2-6-12-21)14-9-10-16-17(13-14)20(25)22(19(16)24)15-7-3-1-4-8-15/h9-10,13,15H,1-8,11-12H2. The Morgan fingerprint density at radius 1 is 0.840 bits per heavy atom. The summed E-state index contributed by atoms with van der Waals surface area (Å²) in [6, 6.07) is 5.01. The average molecular weight is 340 g/mol. The van der Waals surface area contributed by atoms with Gasteiger partial charge < -0.3 is 4.90 Å². The molecule has 0 radical (unpaired) electrons. The van der Waals surface area contributed by atoms with E-state index >= 15 is 0 Å². The monoisotopic (exact) mass is 340 g/mol. The highest BCUT2D eigenvalue weighted by Gasteiger charge is 2.40. The van der Waals surface area contributed by atoms with Gasteiger partial charge in [0.1, 0.15) is 0 Å². The molecular weight excluding hydrogens is 316 g/mol. The molecule has 3 amide bonds. The van der Waals surface area contributed by atoms with E-state index in [0.717, 1.165) is 58.0 Å². The van der Waals surface area contributed by atoms with Gasteiger partial charge in [0.15, 0.2) is 0 Å². The minimum atomic E-state index is -0.222. The molecule has 0 unspecified atom stereocenters. The number of amides is 3. The van der Waals surface area contributed by atoms with E-state index in [9.17, 15) is 14.4 Å². The van der Waals surface area contributed by atoms with Crippen molar-refractivity contribution in [3.05, 3.63) is 34.9 Å². The Kier molecular flexibility index (Phi) is 4.32. The van der Waals surface area contributed by atoms with Gasteiger partial charge in [0.25, 0.3) is 17.7 Å². The van der Waals surface area contributed by atoms with Crippen LogP contribution in [0.3, 0.4) is 0 Å². The van der Waals surface area contributed by atoms with Crippen LogP contribution in [0.4, 0.5) is 0 Å². The average Bonchev–Trinajstić information content (AvgIpc) is 2.92. The maximum absolute atomic E-state index is 12.8. The van der Waals surface area contributed by atoms with Crippen LogP contribution in [0, 0.1) is 0 Å². The van der Waals surface area contributed by atoms with Crippen LogP contribution in [0.25, 0.3) is 0 Å². The summed E-state index contributed by atoms with van der Waals surface area (Å²) < 4.78 is 0. The van der Waals surface area contributed by atoms with Crippen molar-refractivity contribution >= 4 is 17.7 Å². The van der Waals surface area contributed by atoms with E-state index < -0.39 is 0 Å². The first kappa shape index (κ1) is 16.3. The molecule has 0 bridgehead atoms. The zero-order valence-electron chi connectivity index (χ0n) is 14.5. The Bertz CT molecular complexity index is 716. The van der Waals surface area contributed by atoms with E-state index in [-0.39, 0.29) is 23.8 Å². The third-order valence-corrected chi connectivity index (χ3v) is 5.75. The van der Waals surface area contributed by atoms with E-state index in [1.807, 2.05) is 4.90 Å². The highest BCUT2D eigenvalue weighted by Crippen LogP contribution is 2.31. The van der Waals surface area contributed by atoms with E-state index in [0.29, 0.717) is 16.7 Å². The number of nitrogens with zero attached hydrogens (tertiary/aromatic N) is 2. The zero-order chi connectivity index (χ0) is 17.4. The lowest BCUT2D eigenvalue weighted by atomic mass is 9.94. The molecule has 3 aliphatic rings. The quantitative estimate of drug-likeness (QED) is 0.777. The number of likely N-dealkylation sites (tertiary alicyclic amines) is 1. The second-order valence-electron chi connectivity index (χ2n) is 7.39. The molecule has 0 atom stereocenters. The summed E-state index contributed by atoms with van der Waals surface area (Å²) in [5, 5.41) is 0. The van der Waals surface area contributed by atoms with E-state index in [4.69, 9.17) is 0 Å². The van der Waals surface area contributed by atoms with Crippen molar-refractivity contribution in [3.8, 4) is 0 Å². The first-order valence-electron chi connectivity index (χ1n) is 9.48. The predicted molar refractivity (Wildman–Crippen MR) is 93.6 cm³/mol. The molecule has 1 saturated heterocycles. The molecule has 1 aromatic carbocycles. The van der Waals surface area contributed by atoms with Gasteiger partial charge in [-0.3, -0.25) is 19.3 Å². The summed E-state index contributed by atoms with van der Waals surface area (Å²) in [4.78, 5) is 41.5. The lowest BCUT2D eigenvalue weighted by Gasteiger charge is -2.29. The van der Waals surface area contributed by atoms with Crippen LogP contribution in [0.15, 0.2) is 18.2 Å². The molecule has 4 rings (SSSR count). The number of benzene rings is 1. The molecule has 0 aromatic heterocycles. The van der Waals surface area contributed by atoms with Crippen molar-refractivity contribution < 1.29 is 14.4 Å². The number of carbonyl (C=O) groups is 3. The van der Waals surface area contributed by atoms with Crippen molar-refractivity contribution in [3.63, 3.8) is 0 Å². The highest BCUT2D eigenvalue weighted by molar-refractivity contribution is 6.22. The Hall–Kier alpha value is -2.17. The van der Waals surface area contributed by atoms with Crippen LogP contribution in [-0.2, 0) is 0 Å². The molecule has 5 heteroatoms. The minimum Gasteiger partial charge on any atom is -0.339 e. The van der Waals surface area contributed by atoms with Gasteiger partial charge in [-0.25, -0.2) is 0 Å². The van der Waals surface area contributed by atoms with Gasteiger partial charge >= 0.3 is 0 Å². The number of hydrogen-bond acceptors (Lipinski definition) is 3. The highest BCUT2D eigenvalue weighted by atomic mass is 16.2. The van der Waals surface area contributed by atoms with Crippen molar-refractivity contribution in [2.75, 3.05) is 13.1 Å². The van der Waals surface area contributed by atoms with Gasteiger partial charge in [0, 0.05) is 24.7 Å². The molecule has 2 aliphatic heterocycles. The molecule has 5 nitrogen and oxygen atoms in total. The topological polar surface area (TPSA) is 57.7 Å². The van der Waals surface area contributed by atoms with Crippen LogP contribution < -0.4 is 0 Å². The fourth-order valence-electron chi connectivity index (χ4n) is 4.34. The molecule has 2 heterocycles. The number of fused-ring (bicyclic) bond motifs is 1. The zero-order valence-corrected chi connectivity index (χ0v) is 14.5. The first-order chi connectivity index (χ1) is 12.2. The molecule has 1 aliphatic carbocycles. The van der Waals surface area contributed by atoms with Gasteiger partial charge in [-0.2, -0.15) is 0 Å². The van der Waals surface area contributed by atoms with Crippen LogP contribution >= 0.6 is 0 Å². The molecule has 0 spiro atoms. The number of hydrogen-bond donors (Lipinski definition) is 0. The van der Waals surface area contributed by atoms with Gasteiger partial charge in [0.2, 0.25) is 0 Å². The fraction of sp³-hybridized carbons (Fsp3) is 0.550. The lowest BCUT2D eigenvalue weighted by Crippen LogP contribution is -2.40. The number of rotatable bonds is 2. The van der Waals surface area contributed by atoms with Crippen molar-refractivity contribution in [1.82, 2.24) is 9.80 Å². The summed E-state index contributed by atoms with van der Waals surface area (Å²) in [6.07, 6.45) is 8.32. The normalized spacial score (nSPS) is 21.6. The van der Waals surface area contributed by atoms with Gasteiger partial charge in [-0.1, -0.05) is 19.3 Å². The largest absolute Gasteiger partial charge is 0.339 e. The van der Waals surface area contributed by atoms with Crippen molar-refractivity contribution in [2.45, 2.75) is 57.4 Å². The van der Waals surface area contributed by atoms with Crippen LogP contribution in [-0.4, -0.2) is 46.7 Å².